The van der Waals surface area contributed by atoms with Gasteiger partial charge >= 0.3 is 0 Å². The number of hydrogen-bond donors (Lipinski definition) is 1. The molecule has 1 fully saturated rings. The molecule has 1 N–H and O–H groups in total. The Morgan fingerprint density at radius 3 is 2.88 bits per heavy atom. The number of anilines is 1. The quantitative estimate of drug-likeness (QED) is 0.910. The fraction of sp³-hybridized carbons (Fsp3) is 0.417. The number of aryl methyl sites for hydroxylation is 1. The monoisotopic (exact) mass is 301 g/mol. The molecule has 92 valence electrons. The van der Waals surface area contributed by atoms with Gasteiger partial charge in [0.1, 0.15) is 5.82 Å². The number of rotatable bonds is 2. The SMILES string of the molecule is Cc1cc(Br)c(F)cc1N1CC(CO)CC1=O. The van der Waals surface area contributed by atoms with E-state index in [9.17, 15) is 9.18 Å². The number of nitrogens with zero attached hydrogens (tertiary/aromatic N) is 1. The van der Waals surface area contributed by atoms with Crippen molar-refractivity contribution >= 4 is 27.5 Å². The number of aliphatic hydroxyl groups is 1. The van der Waals surface area contributed by atoms with Crippen molar-refractivity contribution in [1.29, 1.82) is 0 Å². The number of halogens is 2. The molecule has 0 aliphatic carbocycles. The number of hydrogen-bond acceptors (Lipinski definition) is 2. The van der Waals surface area contributed by atoms with Crippen molar-refractivity contribution in [2.75, 3.05) is 18.1 Å². The first-order valence-electron chi connectivity index (χ1n) is 5.39. The lowest BCUT2D eigenvalue weighted by atomic mass is 10.1. The van der Waals surface area contributed by atoms with E-state index in [1.165, 1.54) is 6.07 Å². The molecule has 1 aliphatic rings. The molecule has 17 heavy (non-hydrogen) atoms. The summed E-state index contributed by atoms with van der Waals surface area (Å²) in [6.45, 7) is 2.27. The zero-order chi connectivity index (χ0) is 12.6. The summed E-state index contributed by atoms with van der Waals surface area (Å²) in [6, 6.07) is 3.02. The van der Waals surface area contributed by atoms with E-state index in [0.717, 1.165) is 5.56 Å². The third kappa shape index (κ3) is 2.35. The highest BCUT2D eigenvalue weighted by molar-refractivity contribution is 9.10. The van der Waals surface area contributed by atoms with Crippen molar-refractivity contribution in [2.45, 2.75) is 13.3 Å². The lowest BCUT2D eigenvalue weighted by Gasteiger charge is -2.19. The number of carbonyl (C=O) groups is 1. The van der Waals surface area contributed by atoms with Crippen molar-refractivity contribution in [2.24, 2.45) is 5.92 Å². The van der Waals surface area contributed by atoms with E-state index in [1.807, 2.05) is 6.92 Å². The highest BCUT2D eigenvalue weighted by atomic mass is 79.9. The summed E-state index contributed by atoms with van der Waals surface area (Å²) in [5.41, 5.74) is 1.43. The lowest BCUT2D eigenvalue weighted by molar-refractivity contribution is -0.117. The van der Waals surface area contributed by atoms with Crippen molar-refractivity contribution in [3.8, 4) is 0 Å². The molecular formula is C12H13BrFNO2. The molecule has 0 radical (unpaired) electrons. The van der Waals surface area contributed by atoms with Crippen LogP contribution >= 0.6 is 15.9 Å². The molecule has 1 saturated heterocycles. The molecule has 0 aromatic heterocycles. The van der Waals surface area contributed by atoms with Gasteiger partial charge in [0.25, 0.3) is 0 Å². The Balaban J connectivity index is 2.35. The van der Waals surface area contributed by atoms with E-state index >= 15 is 0 Å². The van der Waals surface area contributed by atoms with Gasteiger partial charge in [0.2, 0.25) is 5.91 Å². The largest absolute Gasteiger partial charge is 0.396 e. The van der Waals surface area contributed by atoms with Crippen LogP contribution in [0.4, 0.5) is 10.1 Å². The number of aliphatic hydroxyl groups excluding tert-OH is 1. The Labute approximate surface area is 107 Å². The highest BCUT2D eigenvalue weighted by Gasteiger charge is 2.31. The van der Waals surface area contributed by atoms with Gasteiger partial charge in [-0.25, -0.2) is 4.39 Å². The van der Waals surface area contributed by atoms with E-state index in [1.54, 1.807) is 11.0 Å². The second-order valence-corrected chi connectivity index (χ2v) is 5.16. The molecule has 1 aliphatic heterocycles. The highest BCUT2D eigenvalue weighted by Crippen LogP contribution is 2.31. The molecule has 1 amide bonds. The van der Waals surface area contributed by atoms with E-state index in [2.05, 4.69) is 15.9 Å². The average molecular weight is 302 g/mol. The fourth-order valence-corrected chi connectivity index (χ4v) is 2.52. The Morgan fingerprint density at radius 1 is 1.59 bits per heavy atom. The van der Waals surface area contributed by atoms with Crippen LogP contribution < -0.4 is 4.90 Å². The topological polar surface area (TPSA) is 40.5 Å². The first-order valence-corrected chi connectivity index (χ1v) is 6.19. The summed E-state index contributed by atoms with van der Waals surface area (Å²) in [4.78, 5) is 13.3. The third-order valence-corrected chi connectivity index (χ3v) is 3.60. The predicted octanol–water partition coefficient (Wildman–Crippen LogP) is 2.24. The zero-order valence-corrected chi connectivity index (χ0v) is 11.0. The minimum atomic E-state index is -0.383. The summed E-state index contributed by atoms with van der Waals surface area (Å²) in [5, 5.41) is 9.06. The second kappa shape index (κ2) is 4.74. The summed E-state index contributed by atoms with van der Waals surface area (Å²) in [5.74, 6) is -0.492. The number of carbonyl (C=O) groups excluding carboxylic acids is 1. The van der Waals surface area contributed by atoms with Gasteiger partial charge < -0.3 is 10.0 Å². The smallest absolute Gasteiger partial charge is 0.227 e. The summed E-state index contributed by atoms with van der Waals surface area (Å²) in [6.07, 6.45) is 0.327. The first kappa shape index (κ1) is 12.5. The molecule has 1 unspecified atom stereocenters. The molecule has 3 nitrogen and oxygen atoms in total. The maximum atomic E-state index is 13.5. The molecule has 0 spiro atoms. The van der Waals surface area contributed by atoms with Crippen molar-refractivity contribution in [3.05, 3.63) is 28.0 Å². The standard InChI is InChI=1S/C12H13BrFNO2/c1-7-2-9(13)10(14)4-11(7)15-5-8(6-16)3-12(15)17/h2,4,8,16H,3,5-6H2,1H3. The van der Waals surface area contributed by atoms with Crippen molar-refractivity contribution < 1.29 is 14.3 Å². The minimum absolute atomic E-state index is 0.0136. The summed E-state index contributed by atoms with van der Waals surface area (Å²) >= 11 is 3.11. The summed E-state index contributed by atoms with van der Waals surface area (Å²) < 4.78 is 13.9. The van der Waals surface area contributed by atoms with Gasteiger partial charge in [0.15, 0.2) is 0 Å². The summed E-state index contributed by atoms with van der Waals surface area (Å²) in [7, 11) is 0. The molecule has 0 bridgehead atoms. The Hall–Kier alpha value is -0.940. The van der Waals surface area contributed by atoms with Crippen LogP contribution in [0.1, 0.15) is 12.0 Å². The van der Waals surface area contributed by atoms with Gasteiger partial charge in [-0.2, -0.15) is 0 Å². The Morgan fingerprint density at radius 2 is 2.29 bits per heavy atom. The van der Waals surface area contributed by atoms with Crippen LogP contribution in [0, 0.1) is 18.7 Å². The first-order chi connectivity index (χ1) is 8.02. The van der Waals surface area contributed by atoms with Gasteiger partial charge in [0.05, 0.1) is 4.47 Å². The number of benzene rings is 1. The van der Waals surface area contributed by atoms with Crippen LogP contribution in [0.15, 0.2) is 16.6 Å². The van der Waals surface area contributed by atoms with Gasteiger partial charge in [-0.05, 0) is 40.5 Å². The van der Waals surface area contributed by atoms with Crippen LogP contribution in [0.3, 0.4) is 0 Å². The molecule has 1 heterocycles. The molecule has 1 aromatic carbocycles. The van der Waals surface area contributed by atoms with Crippen LogP contribution in [-0.4, -0.2) is 24.2 Å². The van der Waals surface area contributed by atoms with Crippen molar-refractivity contribution in [1.82, 2.24) is 0 Å². The van der Waals surface area contributed by atoms with Gasteiger partial charge in [-0.3, -0.25) is 4.79 Å². The second-order valence-electron chi connectivity index (χ2n) is 4.31. The molecular weight excluding hydrogens is 289 g/mol. The van der Waals surface area contributed by atoms with Crippen molar-refractivity contribution in [3.63, 3.8) is 0 Å². The van der Waals surface area contributed by atoms with Gasteiger partial charge in [-0.15, -0.1) is 0 Å². The maximum Gasteiger partial charge on any atom is 0.227 e. The molecule has 2 rings (SSSR count). The van der Waals surface area contributed by atoms with Gasteiger partial charge in [0, 0.05) is 31.2 Å². The van der Waals surface area contributed by atoms with E-state index < -0.39 is 0 Å². The fourth-order valence-electron chi connectivity index (χ4n) is 2.06. The van der Waals surface area contributed by atoms with E-state index in [-0.39, 0.29) is 24.2 Å². The molecule has 1 atom stereocenters. The van der Waals surface area contributed by atoms with Crippen LogP contribution in [0.25, 0.3) is 0 Å². The zero-order valence-electron chi connectivity index (χ0n) is 9.41. The van der Waals surface area contributed by atoms with E-state index in [4.69, 9.17) is 5.11 Å². The van der Waals surface area contributed by atoms with Crippen LogP contribution in [0.5, 0.6) is 0 Å². The predicted molar refractivity (Wildman–Crippen MR) is 66.4 cm³/mol. The maximum absolute atomic E-state index is 13.5. The van der Waals surface area contributed by atoms with Crippen LogP contribution in [-0.2, 0) is 4.79 Å². The Bertz CT molecular complexity index is 464. The van der Waals surface area contributed by atoms with E-state index in [0.29, 0.717) is 23.1 Å². The molecule has 0 saturated carbocycles. The number of amides is 1. The normalized spacial score (nSPS) is 20.1. The lowest BCUT2D eigenvalue weighted by Crippen LogP contribution is -2.25. The Kier molecular flexibility index (Phi) is 3.49. The molecule has 5 heteroatoms. The van der Waals surface area contributed by atoms with Gasteiger partial charge in [-0.1, -0.05) is 0 Å². The average Bonchev–Trinajstić information content (AvgIpc) is 2.65. The minimum Gasteiger partial charge on any atom is -0.396 e. The van der Waals surface area contributed by atoms with Crippen LogP contribution in [0.2, 0.25) is 0 Å². The molecule has 1 aromatic rings. The third-order valence-electron chi connectivity index (χ3n) is 2.99.